The van der Waals surface area contributed by atoms with E-state index in [-0.39, 0.29) is 18.7 Å². The van der Waals surface area contributed by atoms with Gasteiger partial charge in [0.2, 0.25) is 17.7 Å². The number of aryl methyl sites for hydroxylation is 1. The molecule has 1 heterocycles. The number of fused-ring (bicyclic) bond motifs is 1. The van der Waals surface area contributed by atoms with Gasteiger partial charge in [-0.1, -0.05) is 60.7 Å². The van der Waals surface area contributed by atoms with Crippen molar-refractivity contribution in [2.75, 3.05) is 13.7 Å². The van der Waals surface area contributed by atoms with Crippen molar-refractivity contribution in [1.29, 1.82) is 0 Å². The number of H-pyrrole nitrogens is 1. The van der Waals surface area contributed by atoms with Crippen LogP contribution in [0.25, 0.3) is 10.9 Å². The van der Waals surface area contributed by atoms with Gasteiger partial charge in [-0.15, -0.1) is 0 Å². The van der Waals surface area contributed by atoms with Crippen LogP contribution in [0.1, 0.15) is 36.0 Å². The van der Waals surface area contributed by atoms with Crippen molar-refractivity contribution in [3.05, 3.63) is 102 Å². The Balaban J connectivity index is 1.45. The molecule has 0 unspecified atom stereocenters. The first kappa shape index (κ1) is 30.3. The van der Waals surface area contributed by atoms with Gasteiger partial charge in [0, 0.05) is 42.4 Å². The number of aromatic nitrogens is 1. The van der Waals surface area contributed by atoms with Crippen LogP contribution in [0.15, 0.2) is 85.1 Å². The zero-order chi connectivity index (χ0) is 29.7. The van der Waals surface area contributed by atoms with E-state index in [2.05, 4.69) is 15.6 Å². The van der Waals surface area contributed by atoms with E-state index in [0.29, 0.717) is 32.2 Å². The fourth-order valence-electron chi connectivity index (χ4n) is 5.06. The van der Waals surface area contributed by atoms with E-state index in [4.69, 9.17) is 9.94 Å². The summed E-state index contributed by atoms with van der Waals surface area (Å²) in [7, 11) is 1.61. The molecule has 0 aliphatic heterocycles. The van der Waals surface area contributed by atoms with Gasteiger partial charge < -0.3 is 20.4 Å². The molecule has 0 aliphatic carbocycles. The fourth-order valence-corrected chi connectivity index (χ4v) is 5.06. The quantitative estimate of drug-likeness (QED) is 0.108. The lowest BCUT2D eigenvalue weighted by Gasteiger charge is -2.22. The highest BCUT2D eigenvalue weighted by molar-refractivity contribution is 5.91. The predicted octanol–water partition coefficient (Wildman–Crippen LogP) is 4.10. The molecule has 0 saturated heterocycles. The molecule has 1 aromatic heterocycles. The first-order valence-corrected chi connectivity index (χ1v) is 14.2. The number of hydrogen-bond acceptors (Lipinski definition) is 5. The van der Waals surface area contributed by atoms with E-state index in [1.54, 1.807) is 12.6 Å². The smallest absolute Gasteiger partial charge is 0.244 e. The van der Waals surface area contributed by atoms with Crippen molar-refractivity contribution in [2.45, 2.75) is 44.6 Å². The van der Waals surface area contributed by atoms with E-state index in [9.17, 15) is 14.4 Å². The van der Waals surface area contributed by atoms with Gasteiger partial charge in [-0.25, -0.2) is 5.48 Å². The van der Waals surface area contributed by atoms with Gasteiger partial charge in [-0.3, -0.25) is 19.6 Å². The monoisotopic (exact) mass is 570 g/mol. The van der Waals surface area contributed by atoms with Crippen LogP contribution < -0.4 is 20.9 Å². The summed E-state index contributed by atoms with van der Waals surface area (Å²) >= 11 is 0. The normalized spacial score (nSPS) is 12.3. The number of carbonyl (C=O) groups excluding carboxylic acids is 3. The third kappa shape index (κ3) is 8.68. The molecular weight excluding hydrogens is 532 g/mol. The molecule has 0 aliphatic rings. The zero-order valence-corrected chi connectivity index (χ0v) is 23.8. The Morgan fingerprint density at radius 3 is 2.33 bits per heavy atom. The molecule has 0 radical (unpaired) electrons. The number of hydrogen-bond donors (Lipinski definition) is 5. The minimum Gasteiger partial charge on any atom is -0.497 e. The maximum Gasteiger partial charge on any atom is 0.244 e. The van der Waals surface area contributed by atoms with E-state index < -0.39 is 23.8 Å². The molecule has 2 atom stereocenters. The molecule has 3 aromatic carbocycles. The van der Waals surface area contributed by atoms with E-state index in [0.717, 1.165) is 33.3 Å². The van der Waals surface area contributed by atoms with Gasteiger partial charge in [-0.05, 0) is 60.6 Å². The first-order chi connectivity index (χ1) is 20.5. The second-order valence-corrected chi connectivity index (χ2v) is 10.3. The second-order valence-electron chi connectivity index (χ2n) is 10.3. The summed E-state index contributed by atoms with van der Waals surface area (Å²) in [5, 5.41) is 16.0. The molecule has 9 heteroatoms. The molecule has 0 fully saturated rings. The van der Waals surface area contributed by atoms with Crippen molar-refractivity contribution < 1.29 is 24.3 Å². The van der Waals surface area contributed by atoms with Gasteiger partial charge in [0.25, 0.3) is 0 Å². The van der Waals surface area contributed by atoms with Crippen LogP contribution >= 0.6 is 0 Å². The number of aromatic amines is 1. The van der Waals surface area contributed by atoms with Crippen molar-refractivity contribution in [3.63, 3.8) is 0 Å². The Hall–Kier alpha value is -4.63. The van der Waals surface area contributed by atoms with Crippen LogP contribution in [0.5, 0.6) is 5.75 Å². The Bertz CT molecular complexity index is 1450. The van der Waals surface area contributed by atoms with Crippen LogP contribution in [-0.2, 0) is 33.6 Å². The Labute approximate surface area is 245 Å². The lowest BCUT2D eigenvalue weighted by atomic mass is 9.94. The summed E-state index contributed by atoms with van der Waals surface area (Å²) in [5.41, 5.74) is 5.65. The van der Waals surface area contributed by atoms with Gasteiger partial charge in [0.15, 0.2) is 0 Å². The van der Waals surface area contributed by atoms with E-state index in [1.807, 2.05) is 85.1 Å². The SMILES string of the molecule is COc1ccc(CCC[C@H](CC(=O)NO)C(=O)N[C@@H](Cc2c[nH]c3ccccc23)C(=O)NCCc2ccccc2)cc1. The molecule has 0 saturated carbocycles. The van der Waals surface area contributed by atoms with Crippen molar-refractivity contribution >= 4 is 28.6 Å². The first-order valence-electron chi connectivity index (χ1n) is 14.2. The molecule has 5 N–H and O–H groups in total. The lowest BCUT2D eigenvalue weighted by Crippen LogP contribution is -2.50. The number of para-hydroxylation sites is 1. The summed E-state index contributed by atoms with van der Waals surface area (Å²) in [6, 6.07) is 24.5. The molecular formula is C33H38N4O5. The van der Waals surface area contributed by atoms with Gasteiger partial charge in [0.05, 0.1) is 7.11 Å². The third-order valence-corrected chi connectivity index (χ3v) is 7.39. The number of nitrogens with one attached hydrogen (secondary N) is 4. The van der Waals surface area contributed by atoms with Crippen LogP contribution in [0.2, 0.25) is 0 Å². The number of hydroxylamine groups is 1. The summed E-state index contributed by atoms with van der Waals surface area (Å²) in [4.78, 5) is 42.3. The number of rotatable bonds is 15. The molecule has 42 heavy (non-hydrogen) atoms. The zero-order valence-electron chi connectivity index (χ0n) is 23.8. The number of benzene rings is 3. The molecule has 3 amide bonds. The summed E-state index contributed by atoms with van der Waals surface area (Å²) in [5.74, 6) is -1.32. The van der Waals surface area contributed by atoms with E-state index >= 15 is 0 Å². The molecule has 0 spiro atoms. The van der Waals surface area contributed by atoms with Crippen LogP contribution in [-0.4, -0.2) is 47.6 Å². The van der Waals surface area contributed by atoms with Crippen LogP contribution in [0.4, 0.5) is 0 Å². The molecule has 9 nitrogen and oxygen atoms in total. The van der Waals surface area contributed by atoms with E-state index in [1.165, 1.54) is 0 Å². The minimum absolute atomic E-state index is 0.194. The largest absolute Gasteiger partial charge is 0.497 e. The number of methoxy groups -OCH3 is 1. The summed E-state index contributed by atoms with van der Waals surface area (Å²) in [6.45, 7) is 0.418. The second kappa shape index (κ2) is 15.4. The summed E-state index contributed by atoms with van der Waals surface area (Å²) < 4.78 is 5.21. The average Bonchev–Trinajstić information content (AvgIpc) is 3.43. The maximum absolute atomic E-state index is 13.5. The topological polar surface area (TPSA) is 133 Å². The Morgan fingerprint density at radius 2 is 1.60 bits per heavy atom. The van der Waals surface area contributed by atoms with Crippen LogP contribution in [0.3, 0.4) is 0 Å². The minimum atomic E-state index is -0.853. The highest BCUT2D eigenvalue weighted by atomic mass is 16.5. The van der Waals surface area contributed by atoms with Crippen molar-refractivity contribution in [3.8, 4) is 5.75 Å². The summed E-state index contributed by atoms with van der Waals surface area (Å²) in [6.07, 6.45) is 4.34. The predicted molar refractivity (Wildman–Crippen MR) is 161 cm³/mol. The van der Waals surface area contributed by atoms with Gasteiger partial charge in [-0.2, -0.15) is 0 Å². The van der Waals surface area contributed by atoms with Gasteiger partial charge >= 0.3 is 0 Å². The molecule has 4 aromatic rings. The molecule has 220 valence electrons. The van der Waals surface area contributed by atoms with Crippen LogP contribution in [0, 0.1) is 5.92 Å². The highest BCUT2D eigenvalue weighted by Gasteiger charge is 2.28. The average molecular weight is 571 g/mol. The lowest BCUT2D eigenvalue weighted by molar-refractivity contribution is -0.136. The number of ether oxygens (including phenoxy) is 1. The highest BCUT2D eigenvalue weighted by Crippen LogP contribution is 2.21. The van der Waals surface area contributed by atoms with Crippen molar-refractivity contribution in [2.24, 2.45) is 5.92 Å². The Kier molecular flexibility index (Phi) is 11.1. The molecule has 4 rings (SSSR count). The standard InChI is InChI=1S/C33H38N4O5/c1-42-27-16-14-24(15-17-27)10-7-11-25(21-31(38)37-41)32(39)36-30(20-26-22-35-29-13-6-5-12-28(26)29)33(40)34-19-18-23-8-3-2-4-9-23/h2-6,8-9,12-17,22,25,30,35,41H,7,10-11,18-21H2,1H3,(H,34,40)(H,36,39)(H,37,38)/t25-,30+/m1/s1. The number of amides is 3. The van der Waals surface area contributed by atoms with Crippen molar-refractivity contribution in [1.82, 2.24) is 21.1 Å². The fraction of sp³-hybridized carbons (Fsp3) is 0.303. The van der Waals surface area contributed by atoms with Gasteiger partial charge in [0.1, 0.15) is 11.8 Å². The number of carbonyl (C=O) groups is 3. The maximum atomic E-state index is 13.5. The Morgan fingerprint density at radius 1 is 0.881 bits per heavy atom. The molecule has 0 bridgehead atoms. The third-order valence-electron chi connectivity index (χ3n) is 7.39.